The molecule has 4 rings (SSSR count). The number of amides is 6. The van der Waals surface area contributed by atoms with Crippen LogP contribution in [-0.4, -0.2) is 99.6 Å². The van der Waals surface area contributed by atoms with Crippen LogP contribution in [0.4, 0.5) is 0 Å². The molecule has 53 heavy (non-hydrogen) atoms. The lowest BCUT2D eigenvalue weighted by atomic mass is 10.0. The van der Waals surface area contributed by atoms with Crippen LogP contribution in [0.25, 0.3) is 0 Å². The molecule has 14 nitrogen and oxygen atoms in total. The Morgan fingerprint density at radius 1 is 0.925 bits per heavy atom. The molecular weight excluding hydrogens is 717 g/mol. The Labute approximate surface area is 318 Å². The number of hydrogen-bond acceptors (Lipinski definition) is 10. The zero-order valence-electron chi connectivity index (χ0n) is 30.6. The minimum absolute atomic E-state index is 0.0634. The number of fused-ring (bicyclic) bond motifs is 2. The van der Waals surface area contributed by atoms with Crippen LogP contribution < -0.4 is 26.6 Å². The first-order valence-corrected chi connectivity index (χ1v) is 19.9. The Bertz CT molecular complexity index is 1720. The van der Waals surface area contributed by atoms with E-state index >= 15 is 0 Å². The first-order chi connectivity index (χ1) is 25.4. The van der Waals surface area contributed by atoms with Crippen molar-refractivity contribution in [2.75, 3.05) is 25.1 Å². The maximum atomic E-state index is 14.0. The third-order valence-electron chi connectivity index (χ3n) is 8.65. The maximum absolute atomic E-state index is 14.0. The fourth-order valence-electron chi connectivity index (χ4n) is 5.70. The van der Waals surface area contributed by atoms with Gasteiger partial charge in [-0.2, -0.15) is 11.8 Å². The van der Waals surface area contributed by atoms with Crippen LogP contribution in [0.5, 0.6) is 0 Å². The average molecular weight is 765 g/mol. The normalized spacial score (nSPS) is 22.5. The monoisotopic (exact) mass is 764 g/mol. The highest BCUT2D eigenvalue weighted by molar-refractivity contribution is 7.98. The number of aromatic nitrogens is 2. The standard InChI is InChI=1S/C37H48N8O6S2/c1-6-26-33(48)42-27(15-17-52-5)34(49)40-25(18-24-12-8-7-9-13-24)19-45(37(51)28-14-10-11-16-38-28)20-30(46)44-31(22(2)3)36-43-29(21-53-36)35(50)39-23(4)32(47)41-26/h7-14,16,21-23,25-27,31H,6,15,17-20H2,1-5H3,(H,39,50)(H,40,49)(H,41,47)(H,42,48)(H,44,46)/t23-,25+,26+,27+,31+/m1/s1. The highest BCUT2D eigenvalue weighted by Crippen LogP contribution is 2.25. The molecule has 0 fully saturated rings. The van der Waals surface area contributed by atoms with Crippen LogP contribution in [0.2, 0.25) is 0 Å². The predicted octanol–water partition coefficient (Wildman–Crippen LogP) is 2.49. The van der Waals surface area contributed by atoms with Crippen molar-refractivity contribution >= 4 is 58.5 Å². The van der Waals surface area contributed by atoms with Gasteiger partial charge in [-0.1, -0.05) is 57.2 Å². The highest BCUT2D eigenvalue weighted by Gasteiger charge is 2.32. The molecule has 284 valence electrons. The number of nitrogens with zero attached hydrogens (tertiary/aromatic N) is 3. The van der Waals surface area contributed by atoms with Gasteiger partial charge in [0.15, 0.2) is 0 Å². The molecule has 5 N–H and O–H groups in total. The summed E-state index contributed by atoms with van der Waals surface area (Å²) < 4.78 is 0. The van der Waals surface area contributed by atoms with Gasteiger partial charge in [0, 0.05) is 18.1 Å². The Hall–Kier alpha value is -4.83. The van der Waals surface area contributed by atoms with Gasteiger partial charge in [-0.05, 0) is 61.8 Å². The number of thiazole rings is 1. The number of carbonyl (C=O) groups is 6. The van der Waals surface area contributed by atoms with E-state index in [0.717, 1.165) is 5.56 Å². The summed E-state index contributed by atoms with van der Waals surface area (Å²) in [5.41, 5.74) is 1.07. The van der Waals surface area contributed by atoms with Gasteiger partial charge in [0.05, 0.1) is 18.6 Å². The fraction of sp³-hybridized carbons (Fsp3) is 0.459. The van der Waals surface area contributed by atoms with Crippen molar-refractivity contribution in [1.29, 1.82) is 0 Å². The average Bonchev–Trinajstić information content (AvgIpc) is 3.64. The zero-order valence-corrected chi connectivity index (χ0v) is 32.2. The Morgan fingerprint density at radius 2 is 1.62 bits per heavy atom. The summed E-state index contributed by atoms with van der Waals surface area (Å²) in [6.45, 7) is 6.59. The SMILES string of the molecule is CC[C@@H]1NC(=O)[C@@H](C)NC(=O)c2csc(n2)[C@H](C(C)C)NC(=O)CN(C(=O)c2ccccn2)C[C@H](Cc2ccccc2)NC(=O)[C@H](CCSC)NC1=O. The molecule has 0 aliphatic carbocycles. The number of benzene rings is 1. The molecule has 3 heterocycles. The van der Waals surface area contributed by atoms with Crippen LogP contribution in [0.3, 0.4) is 0 Å². The lowest BCUT2D eigenvalue weighted by molar-refractivity contribution is -0.132. The van der Waals surface area contributed by atoms with Crippen molar-refractivity contribution < 1.29 is 28.8 Å². The first kappa shape index (κ1) is 40.9. The number of pyridine rings is 1. The van der Waals surface area contributed by atoms with Gasteiger partial charge in [-0.25, -0.2) is 4.98 Å². The molecule has 0 saturated heterocycles. The minimum Gasteiger partial charge on any atom is -0.349 e. The maximum Gasteiger partial charge on any atom is 0.272 e. The molecule has 5 atom stereocenters. The van der Waals surface area contributed by atoms with Gasteiger partial charge in [-0.3, -0.25) is 33.8 Å². The van der Waals surface area contributed by atoms with Gasteiger partial charge >= 0.3 is 0 Å². The fourth-order valence-corrected chi connectivity index (χ4v) is 7.19. The predicted molar refractivity (Wildman–Crippen MR) is 204 cm³/mol. The van der Waals surface area contributed by atoms with Crippen LogP contribution in [0.1, 0.15) is 78.1 Å². The summed E-state index contributed by atoms with van der Waals surface area (Å²) in [7, 11) is 0. The smallest absolute Gasteiger partial charge is 0.272 e. The summed E-state index contributed by atoms with van der Waals surface area (Å²) in [4.78, 5) is 91.8. The minimum atomic E-state index is -1.01. The van der Waals surface area contributed by atoms with E-state index in [1.807, 2.05) is 50.4 Å². The molecular formula is C37H48N8O6S2. The molecule has 0 saturated carbocycles. The second-order valence-corrected chi connectivity index (χ2v) is 15.0. The van der Waals surface area contributed by atoms with E-state index in [0.29, 0.717) is 23.6 Å². The highest BCUT2D eigenvalue weighted by atomic mass is 32.2. The van der Waals surface area contributed by atoms with Crippen LogP contribution in [0, 0.1) is 5.92 Å². The largest absolute Gasteiger partial charge is 0.349 e. The number of nitrogens with one attached hydrogen (secondary N) is 5. The van der Waals surface area contributed by atoms with Crippen molar-refractivity contribution in [3.8, 4) is 0 Å². The van der Waals surface area contributed by atoms with Gasteiger partial charge < -0.3 is 31.5 Å². The quantitative estimate of drug-likeness (QED) is 0.229. The van der Waals surface area contributed by atoms with Gasteiger partial charge in [-0.15, -0.1) is 11.3 Å². The van der Waals surface area contributed by atoms with Gasteiger partial charge in [0.2, 0.25) is 23.6 Å². The molecule has 1 aliphatic rings. The summed E-state index contributed by atoms with van der Waals surface area (Å²) in [6.07, 6.45) is 4.20. The molecule has 0 radical (unpaired) electrons. The van der Waals surface area contributed by atoms with Crippen LogP contribution in [0.15, 0.2) is 60.1 Å². The summed E-state index contributed by atoms with van der Waals surface area (Å²) >= 11 is 2.69. The van der Waals surface area contributed by atoms with E-state index < -0.39 is 65.7 Å². The topological polar surface area (TPSA) is 192 Å². The molecule has 0 unspecified atom stereocenters. The lowest BCUT2D eigenvalue weighted by Crippen LogP contribution is -2.58. The molecule has 2 bridgehead atoms. The van der Waals surface area contributed by atoms with Crippen LogP contribution >= 0.6 is 23.1 Å². The van der Waals surface area contributed by atoms with E-state index in [1.54, 1.807) is 30.5 Å². The number of thioether (sulfide) groups is 1. The number of carbonyl (C=O) groups excluding carboxylic acids is 6. The molecule has 2 aromatic heterocycles. The third kappa shape index (κ3) is 11.8. The van der Waals surface area contributed by atoms with E-state index in [2.05, 4.69) is 36.6 Å². The second-order valence-electron chi connectivity index (χ2n) is 13.2. The first-order valence-electron chi connectivity index (χ1n) is 17.6. The van der Waals surface area contributed by atoms with Crippen molar-refractivity contribution in [3.05, 3.63) is 82.1 Å². The summed E-state index contributed by atoms with van der Waals surface area (Å²) in [5.74, 6) is -2.81. The second kappa shape index (κ2) is 19.9. The van der Waals surface area contributed by atoms with Crippen molar-refractivity contribution in [3.63, 3.8) is 0 Å². The molecule has 3 aromatic rings. The number of rotatable bonds is 8. The Morgan fingerprint density at radius 3 is 2.28 bits per heavy atom. The summed E-state index contributed by atoms with van der Waals surface area (Å²) in [5, 5.41) is 16.2. The molecule has 1 aliphatic heterocycles. The molecule has 16 heteroatoms. The zero-order chi connectivity index (χ0) is 38.5. The Balaban J connectivity index is 1.76. The lowest BCUT2D eigenvalue weighted by Gasteiger charge is -2.30. The van der Waals surface area contributed by atoms with Crippen molar-refractivity contribution in [1.82, 2.24) is 41.5 Å². The van der Waals surface area contributed by atoms with E-state index in [4.69, 9.17) is 0 Å². The van der Waals surface area contributed by atoms with Gasteiger partial charge in [0.1, 0.15) is 34.5 Å². The van der Waals surface area contributed by atoms with Crippen LogP contribution in [-0.2, 0) is 25.6 Å². The summed E-state index contributed by atoms with van der Waals surface area (Å²) in [6, 6.07) is 10.1. The van der Waals surface area contributed by atoms with E-state index in [-0.39, 0.29) is 36.8 Å². The number of hydrogen-bond donors (Lipinski definition) is 5. The van der Waals surface area contributed by atoms with Crippen molar-refractivity contribution in [2.45, 2.75) is 77.2 Å². The van der Waals surface area contributed by atoms with Gasteiger partial charge in [0.25, 0.3) is 11.8 Å². The molecule has 0 spiro atoms. The molecule has 1 aromatic carbocycles. The third-order valence-corrected chi connectivity index (χ3v) is 10.2. The Kier molecular flexibility index (Phi) is 15.3. The van der Waals surface area contributed by atoms with Crippen molar-refractivity contribution in [2.24, 2.45) is 5.92 Å². The van der Waals surface area contributed by atoms with E-state index in [1.165, 1.54) is 41.1 Å². The molecule has 6 amide bonds. The van der Waals surface area contributed by atoms with E-state index in [9.17, 15) is 28.8 Å².